The topological polar surface area (TPSA) is 79.0 Å². The molecular weight excluding hydrogens is 322 g/mol. The lowest BCUT2D eigenvalue weighted by Crippen LogP contribution is -2.51. The second kappa shape index (κ2) is 6.38. The van der Waals surface area contributed by atoms with Crippen molar-refractivity contribution in [2.45, 2.75) is 19.3 Å². The first-order valence-electron chi connectivity index (χ1n) is 8.72. The highest BCUT2D eigenvalue weighted by Gasteiger charge is 2.35. The van der Waals surface area contributed by atoms with E-state index in [2.05, 4.69) is 5.32 Å². The zero-order valence-electron chi connectivity index (χ0n) is 14.0. The van der Waals surface area contributed by atoms with Gasteiger partial charge in [0.05, 0.1) is 12.1 Å². The quantitative estimate of drug-likeness (QED) is 0.874. The van der Waals surface area contributed by atoms with Gasteiger partial charge in [-0.3, -0.25) is 14.4 Å². The molecule has 0 radical (unpaired) electrons. The number of carbonyl (C=O) groups excluding carboxylic acids is 3. The maximum Gasteiger partial charge on any atom is 0.262 e. The molecule has 132 valence electrons. The molecule has 1 N–H and O–H groups in total. The summed E-state index contributed by atoms with van der Waals surface area (Å²) in [5, 5.41) is 2.75. The number of anilines is 1. The SMILES string of the molecule is O=C1COc2ccc(CC(=O)N3CCN(C(=O)C4CC4)CC3)cc2N1. The summed E-state index contributed by atoms with van der Waals surface area (Å²) < 4.78 is 5.33. The van der Waals surface area contributed by atoms with E-state index in [0.29, 0.717) is 37.6 Å². The van der Waals surface area contributed by atoms with Crippen LogP contribution in [0.25, 0.3) is 0 Å². The number of ether oxygens (including phenoxy) is 1. The molecule has 0 aromatic heterocycles. The van der Waals surface area contributed by atoms with Crippen molar-refractivity contribution in [3.63, 3.8) is 0 Å². The van der Waals surface area contributed by atoms with Gasteiger partial charge in [-0.15, -0.1) is 0 Å². The lowest BCUT2D eigenvalue weighted by Gasteiger charge is -2.35. The number of piperazine rings is 1. The third kappa shape index (κ3) is 3.45. The fourth-order valence-corrected chi connectivity index (χ4v) is 3.29. The Labute approximate surface area is 145 Å². The van der Waals surface area contributed by atoms with Gasteiger partial charge < -0.3 is 19.9 Å². The van der Waals surface area contributed by atoms with E-state index in [0.717, 1.165) is 18.4 Å². The van der Waals surface area contributed by atoms with Crippen LogP contribution in [0, 0.1) is 5.92 Å². The average molecular weight is 343 g/mol. The smallest absolute Gasteiger partial charge is 0.262 e. The van der Waals surface area contributed by atoms with E-state index in [1.807, 2.05) is 15.9 Å². The van der Waals surface area contributed by atoms with E-state index in [9.17, 15) is 14.4 Å². The molecule has 2 fully saturated rings. The minimum absolute atomic E-state index is 0.0229. The maximum atomic E-state index is 12.5. The highest BCUT2D eigenvalue weighted by Crippen LogP contribution is 2.31. The summed E-state index contributed by atoms with van der Waals surface area (Å²) in [6.07, 6.45) is 2.30. The molecule has 25 heavy (non-hydrogen) atoms. The van der Waals surface area contributed by atoms with Gasteiger partial charge in [0.1, 0.15) is 5.75 Å². The van der Waals surface area contributed by atoms with E-state index in [4.69, 9.17) is 4.74 Å². The molecule has 1 saturated carbocycles. The van der Waals surface area contributed by atoms with E-state index in [-0.39, 0.29) is 36.7 Å². The van der Waals surface area contributed by atoms with Crippen LogP contribution in [0.3, 0.4) is 0 Å². The number of nitrogens with zero attached hydrogens (tertiary/aromatic N) is 2. The van der Waals surface area contributed by atoms with Gasteiger partial charge in [0.15, 0.2) is 6.61 Å². The number of hydrogen-bond donors (Lipinski definition) is 1. The van der Waals surface area contributed by atoms with E-state index < -0.39 is 0 Å². The number of hydrogen-bond acceptors (Lipinski definition) is 4. The van der Waals surface area contributed by atoms with Gasteiger partial charge in [0, 0.05) is 32.1 Å². The van der Waals surface area contributed by atoms with Crippen molar-refractivity contribution in [1.82, 2.24) is 9.80 Å². The van der Waals surface area contributed by atoms with Gasteiger partial charge in [-0.2, -0.15) is 0 Å². The van der Waals surface area contributed by atoms with Crippen molar-refractivity contribution in [3.8, 4) is 5.75 Å². The Balaban J connectivity index is 1.34. The number of rotatable bonds is 3. The monoisotopic (exact) mass is 343 g/mol. The van der Waals surface area contributed by atoms with Gasteiger partial charge >= 0.3 is 0 Å². The highest BCUT2D eigenvalue weighted by molar-refractivity contribution is 5.95. The van der Waals surface area contributed by atoms with Crippen LogP contribution in [-0.4, -0.2) is 60.3 Å². The van der Waals surface area contributed by atoms with Crippen LogP contribution >= 0.6 is 0 Å². The number of benzene rings is 1. The normalized spacial score (nSPS) is 19.8. The van der Waals surface area contributed by atoms with Gasteiger partial charge in [0.2, 0.25) is 11.8 Å². The van der Waals surface area contributed by atoms with Crippen molar-refractivity contribution in [2.24, 2.45) is 5.92 Å². The van der Waals surface area contributed by atoms with Gasteiger partial charge in [-0.1, -0.05) is 6.07 Å². The predicted molar refractivity (Wildman–Crippen MR) is 90.2 cm³/mol. The molecule has 3 aliphatic rings. The van der Waals surface area contributed by atoms with Gasteiger partial charge in [-0.25, -0.2) is 0 Å². The van der Waals surface area contributed by atoms with Crippen LogP contribution < -0.4 is 10.1 Å². The summed E-state index contributed by atoms with van der Waals surface area (Å²) in [5.41, 5.74) is 1.45. The van der Waals surface area contributed by atoms with Crippen molar-refractivity contribution in [1.29, 1.82) is 0 Å². The molecule has 0 atom stereocenters. The minimum Gasteiger partial charge on any atom is -0.482 e. The summed E-state index contributed by atoms with van der Waals surface area (Å²) >= 11 is 0. The molecule has 7 nitrogen and oxygen atoms in total. The molecular formula is C18H21N3O4. The fraction of sp³-hybridized carbons (Fsp3) is 0.500. The summed E-state index contributed by atoms with van der Waals surface area (Å²) in [4.78, 5) is 39.7. The lowest BCUT2D eigenvalue weighted by molar-refractivity contribution is -0.140. The van der Waals surface area contributed by atoms with Gasteiger partial charge in [0.25, 0.3) is 5.91 Å². The molecule has 0 spiro atoms. The summed E-state index contributed by atoms with van der Waals surface area (Å²) in [6.45, 7) is 2.43. The van der Waals surface area contributed by atoms with Crippen molar-refractivity contribution in [3.05, 3.63) is 23.8 Å². The van der Waals surface area contributed by atoms with Crippen molar-refractivity contribution in [2.75, 3.05) is 38.1 Å². The average Bonchev–Trinajstić information content (AvgIpc) is 3.46. The second-order valence-corrected chi connectivity index (χ2v) is 6.82. The first-order valence-corrected chi connectivity index (χ1v) is 8.72. The van der Waals surface area contributed by atoms with E-state index >= 15 is 0 Å². The second-order valence-electron chi connectivity index (χ2n) is 6.82. The molecule has 1 aromatic rings. The summed E-state index contributed by atoms with van der Waals surface area (Å²) in [5.74, 6) is 0.963. The molecule has 1 aliphatic carbocycles. The highest BCUT2D eigenvalue weighted by atomic mass is 16.5. The summed E-state index contributed by atoms with van der Waals surface area (Å²) in [6, 6.07) is 5.42. The Morgan fingerprint density at radius 2 is 1.84 bits per heavy atom. The van der Waals surface area contributed by atoms with Crippen LogP contribution in [-0.2, 0) is 20.8 Å². The maximum absolute atomic E-state index is 12.5. The molecule has 0 unspecified atom stereocenters. The van der Waals surface area contributed by atoms with Crippen LogP contribution in [0.4, 0.5) is 5.69 Å². The van der Waals surface area contributed by atoms with Gasteiger partial charge in [-0.05, 0) is 30.5 Å². The zero-order chi connectivity index (χ0) is 17.4. The first-order chi connectivity index (χ1) is 12.1. The number of fused-ring (bicyclic) bond motifs is 1. The Bertz CT molecular complexity index is 721. The Kier molecular flexibility index (Phi) is 4.07. The van der Waals surface area contributed by atoms with Crippen LogP contribution in [0.1, 0.15) is 18.4 Å². The molecule has 4 rings (SSSR count). The first kappa shape index (κ1) is 15.9. The largest absolute Gasteiger partial charge is 0.482 e. The Morgan fingerprint density at radius 3 is 2.56 bits per heavy atom. The minimum atomic E-state index is -0.188. The molecule has 1 saturated heterocycles. The van der Waals surface area contributed by atoms with Crippen molar-refractivity contribution >= 4 is 23.4 Å². The zero-order valence-corrected chi connectivity index (χ0v) is 14.0. The Hall–Kier alpha value is -2.57. The van der Waals surface area contributed by atoms with E-state index in [1.54, 1.807) is 12.1 Å². The molecule has 0 bridgehead atoms. The van der Waals surface area contributed by atoms with Crippen LogP contribution in [0.15, 0.2) is 18.2 Å². The molecule has 2 aliphatic heterocycles. The molecule has 2 heterocycles. The number of nitrogens with one attached hydrogen (secondary N) is 1. The van der Waals surface area contributed by atoms with Crippen molar-refractivity contribution < 1.29 is 19.1 Å². The summed E-state index contributed by atoms with van der Waals surface area (Å²) in [7, 11) is 0. The standard InChI is InChI=1S/C18H21N3O4/c22-16-11-25-15-4-1-12(9-14(15)19-16)10-17(23)20-5-7-21(8-6-20)18(24)13-2-3-13/h1,4,9,13H,2-3,5-8,10-11H2,(H,19,22). The number of carbonyl (C=O) groups is 3. The third-order valence-corrected chi connectivity index (χ3v) is 4.90. The fourth-order valence-electron chi connectivity index (χ4n) is 3.29. The third-order valence-electron chi connectivity index (χ3n) is 4.90. The molecule has 1 aromatic carbocycles. The number of amides is 3. The molecule has 3 amide bonds. The Morgan fingerprint density at radius 1 is 1.12 bits per heavy atom. The predicted octanol–water partition coefficient (Wildman–Crippen LogP) is 0.641. The van der Waals surface area contributed by atoms with Crippen LogP contribution in [0.2, 0.25) is 0 Å². The lowest BCUT2D eigenvalue weighted by atomic mass is 10.1. The molecule has 7 heteroatoms. The van der Waals surface area contributed by atoms with E-state index in [1.165, 1.54) is 0 Å². The van der Waals surface area contributed by atoms with Crippen LogP contribution in [0.5, 0.6) is 5.75 Å².